The average Bonchev–Trinajstić information content (AvgIpc) is 3.07. The second-order valence-electron chi connectivity index (χ2n) is 7.88. The van der Waals surface area contributed by atoms with Crippen molar-refractivity contribution in [3.63, 3.8) is 0 Å². The standard InChI is InChI=1S/C24H24N2O5/c1-31-24(30)17-10-7-13-25(15-17)23(29)20(14-16-8-3-2-4-9-16)26-21(27)18-11-5-6-12-19(18)22(26)28/h2-6,8-9,11-12,17,20H,7,10,13-15H2,1H3. The van der Waals surface area contributed by atoms with Gasteiger partial charge in [-0.25, -0.2) is 0 Å². The molecule has 0 spiro atoms. The lowest BCUT2D eigenvalue weighted by molar-refractivity contribution is -0.149. The first-order valence-electron chi connectivity index (χ1n) is 10.4. The number of hydrogen-bond donors (Lipinski definition) is 0. The van der Waals surface area contributed by atoms with Crippen LogP contribution in [0.25, 0.3) is 0 Å². The summed E-state index contributed by atoms with van der Waals surface area (Å²) in [6.45, 7) is 0.695. The van der Waals surface area contributed by atoms with Crippen LogP contribution in [-0.4, -0.2) is 59.7 Å². The molecule has 3 amide bonds. The van der Waals surface area contributed by atoms with Crippen molar-refractivity contribution >= 4 is 23.7 Å². The van der Waals surface area contributed by atoms with Gasteiger partial charge >= 0.3 is 5.97 Å². The Hall–Kier alpha value is -3.48. The molecule has 2 heterocycles. The number of nitrogens with zero attached hydrogens (tertiary/aromatic N) is 2. The fourth-order valence-corrected chi connectivity index (χ4v) is 4.36. The summed E-state index contributed by atoms with van der Waals surface area (Å²) in [5.74, 6) is -2.00. The third kappa shape index (κ3) is 3.95. The maximum atomic E-state index is 13.6. The first-order valence-corrected chi connectivity index (χ1v) is 10.4. The van der Waals surface area contributed by atoms with Crippen LogP contribution in [-0.2, 0) is 20.7 Å². The summed E-state index contributed by atoms with van der Waals surface area (Å²) in [6, 6.07) is 14.9. The maximum absolute atomic E-state index is 13.6. The van der Waals surface area contributed by atoms with Gasteiger partial charge in [-0.1, -0.05) is 42.5 Å². The molecule has 2 aromatic carbocycles. The van der Waals surface area contributed by atoms with E-state index in [2.05, 4.69) is 0 Å². The predicted octanol–water partition coefficient (Wildman–Crippen LogP) is 2.31. The van der Waals surface area contributed by atoms with Crippen LogP contribution in [0.15, 0.2) is 54.6 Å². The monoisotopic (exact) mass is 420 g/mol. The Bertz CT molecular complexity index is 985. The number of fused-ring (bicyclic) bond motifs is 1. The lowest BCUT2D eigenvalue weighted by Gasteiger charge is -2.36. The second kappa shape index (κ2) is 8.71. The average molecular weight is 420 g/mol. The Morgan fingerprint density at radius 1 is 1.00 bits per heavy atom. The van der Waals surface area contributed by atoms with Gasteiger partial charge in [0, 0.05) is 19.5 Å². The second-order valence-corrected chi connectivity index (χ2v) is 7.88. The lowest BCUT2D eigenvalue weighted by Crippen LogP contribution is -2.54. The number of likely N-dealkylation sites (tertiary alicyclic amines) is 1. The molecule has 2 aliphatic heterocycles. The van der Waals surface area contributed by atoms with Crippen molar-refractivity contribution in [3.05, 3.63) is 71.3 Å². The molecule has 4 rings (SSSR count). The molecule has 7 heteroatoms. The molecule has 0 radical (unpaired) electrons. The number of piperidine rings is 1. The Labute approximate surface area is 180 Å². The van der Waals surface area contributed by atoms with E-state index in [1.54, 1.807) is 29.2 Å². The smallest absolute Gasteiger partial charge is 0.310 e. The Balaban J connectivity index is 1.65. The third-order valence-corrected chi connectivity index (χ3v) is 5.96. The molecule has 160 valence electrons. The van der Waals surface area contributed by atoms with Gasteiger partial charge in [0.15, 0.2) is 0 Å². The van der Waals surface area contributed by atoms with Gasteiger partial charge in [0.05, 0.1) is 24.2 Å². The number of rotatable bonds is 5. The summed E-state index contributed by atoms with van der Waals surface area (Å²) in [6.07, 6.45) is 1.52. The number of ether oxygens (including phenoxy) is 1. The van der Waals surface area contributed by atoms with Crippen LogP contribution in [0.1, 0.15) is 39.1 Å². The van der Waals surface area contributed by atoms with E-state index < -0.39 is 23.8 Å². The number of amides is 3. The highest BCUT2D eigenvalue weighted by Gasteiger charge is 2.44. The lowest BCUT2D eigenvalue weighted by atomic mass is 9.96. The molecular formula is C24H24N2O5. The molecule has 7 nitrogen and oxygen atoms in total. The Kier molecular flexibility index (Phi) is 5.84. The summed E-state index contributed by atoms with van der Waals surface area (Å²) < 4.78 is 4.85. The number of esters is 1. The summed E-state index contributed by atoms with van der Waals surface area (Å²) in [5, 5.41) is 0. The molecule has 2 aromatic rings. The van der Waals surface area contributed by atoms with Crippen molar-refractivity contribution < 1.29 is 23.9 Å². The molecule has 1 fully saturated rings. The topological polar surface area (TPSA) is 84.0 Å². The molecule has 0 aliphatic carbocycles. The molecule has 0 N–H and O–H groups in total. The summed E-state index contributed by atoms with van der Waals surface area (Å²) in [4.78, 5) is 54.5. The van der Waals surface area contributed by atoms with Crippen LogP contribution < -0.4 is 0 Å². The van der Waals surface area contributed by atoms with Crippen molar-refractivity contribution in [2.75, 3.05) is 20.2 Å². The van der Waals surface area contributed by atoms with Crippen molar-refractivity contribution in [1.82, 2.24) is 9.80 Å². The van der Waals surface area contributed by atoms with Crippen molar-refractivity contribution in [2.24, 2.45) is 5.92 Å². The SMILES string of the molecule is COC(=O)C1CCCN(C(=O)C(Cc2ccccc2)N2C(=O)c3ccccc3C2=O)C1. The largest absolute Gasteiger partial charge is 0.469 e. The van der Waals surface area contributed by atoms with Gasteiger partial charge in [0.2, 0.25) is 5.91 Å². The number of carbonyl (C=O) groups is 4. The quantitative estimate of drug-likeness (QED) is 0.548. The normalized spacial score (nSPS) is 19.2. The molecular weight excluding hydrogens is 396 g/mol. The number of methoxy groups -OCH3 is 1. The number of carbonyl (C=O) groups excluding carboxylic acids is 4. The highest BCUT2D eigenvalue weighted by Crippen LogP contribution is 2.28. The maximum Gasteiger partial charge on any atom is 0.310 e. The Morgan fingerprint density at radius 3 is 2.23 bits per heavy atom. The van der Waals surface area contributed by atoms with Gasteiger partial charge < -0.3 is 9.64 Å². The Morgan fingerprint density at radius 2 is 1.61 bits per heavy atom. The van der Waals surface area contributed by atoms with Gasteiger partial charge in [-0.15, -0.1) is 0 Å². The zero-order valence-corrected chi connectivity index (χ0v) is 17.3. The zero-order valence-electron chi connectivity index (χ0n) is 17.3. The highest BCUT2D eigenvalue weighted by atomic mass is 16.5. The highest BCUT2D eigenvalue weighted by molar-refractivity contribution is 6.22. The van der Waals surface area contributed by atoms with Crippen LogP contribution in [0.2, 0.25) is 0 Å². The number of hydrogen-bond acceptors (Lipinski definition) is 5. The molecule has 1 saturated heterocycles. The molecule has 2 aliphatic rings. The van der Waals surface area contributed by atoms with Gasteiger partial charge in [0.1, 0.15) is 6.04 Å². The van der Waals surface area contributed by atoms with Gasteiger partial charge in [-0.05, 0) is 30.5 Å². The number of imide groups is 1. The van der Waals surface area contributed by atoms with Crippen LogP contribution >= 0.6 is 0 Å². The van der Waals surface area contributed by atoms with Crippen LogP contribution in [0.4, 0.5) is 0 Å². The third-order valence-electron chi connectivity index (χ3n) is 5.96. The van der Waals surface area contributed by atoms with Crippen LogP contribution in [0.5, 0.6) is 0 Å². The first kappa shape index (κ1) is 20.8. The molecule has 31 heavy (non-hydrogen) atoms. The van der Waals surface area contributed by atoms with Gasteiger partial charge in [-0.3, -0.25) is 24.1 Å². The van der Waals surface area contributed by atoms with E-state index in [4.69, 9.17) is 4.74 Å². The molecule has 0 bridgehead atoms. The van der Waals surface area contributed by atoms with E-state index >= 15 is 0 Å². The van der Waals surface area contributed by atoms with Crippen molar-refractivity contribution in [3.8, 4) is 0 Å². The molecule has 2 atom stereocenters. The molecule has 0 saturated carbocycles. The zero-order chi connectivity index (χ0) is 22.0. The predicted molar refractivity (Wildman–Crippen MR) is 112 cm³/mol. The van der Waals surface area contributed by atoms with Crippen LogP contribution in [0.3, 0.4) is 0 Å². The van der Waals surface area contributed by atoms with E-state index in [9.17, 15) is 19.2 Å². The molecule has 2 unspecified atom stereocenters. The van der Waals surface area contributed by atoms with Crippen molar-refractivity contribution in [1.29, 1.82) is 0 Å². The van der Waals surface area contributed by atoms with E-state index in [1.807, 2.05) is 30.3 Å². The number of benzene rings is 2. The molecule has 0 aromatic heterocycles. The summed E-state index contributed by atoms with van der Waals surface area (Å²) >= 11 is 0. The summed E-state index contributed by atoms with van der Waals surface area (Å²) in [5.41, 5.74) is 1.47. The van der Waals surface area contributed by atoms with E-state index in [1.165, 1.54) is 7.11 Å². The van der Waals surface area contributed by atoms with E-state index in [0.717, 1.165) is 10.5 Å². The van der Waals surface area contributed by atoms with Gasteiger partial charge in [0.25, 0.3) is 11.8 Å². The van der Waals surface area contributed by atoms with E-state index in [-0.39, 0.29) is 24.8 Å². The minimum atomic E-state index is -0.980. The fraction of sp³-hybridized carbons (Fsp3) is 0.333. The summed E-state index contributed by atoms with van der Waals surface area (Å²) in [7, 11) is 1.33. The van der Waals surface area contributed by atoms with E-state index in [0.29, 0.717) is 30.5 Å². The van der Waals surface area contributed by atoms with Gasteiger partial charge in [-0.2, -0.15) is 0 Å². The van der Waals surface area contributed by atoms with Crippen LogP contribution in [0, 0.1) is 5.92 Å². The minimum Gasteiger partial charge on any atom is -0.469 e. The van der Waals surface area contributed by atoms with Crippen molar-refractivity contribution in [2.45, 2.75) is 25.3 Å². The first-order chi connectivity index (χ1) is 15.0. The fourth-order valence-electron chi connectivity index (χ4n) is 4.36. The minimum absolute atomic E-state index is 0.213.